The first-order valence-corrected chi connectivity index (χ1v) is 8.80. The zero-order valence-electron chi connectivity index (χ0n) is 13.7. The molecule has 0 radical (unpaired) electrons. The number of fused-ring (bicyclic) bond motifs is 1. The Morgan fingerprint density at radius 3 is 2.88 bits per heavy atom. The molecule has 1 aliphatic carbocycles. The van der Waals surface area contributed by atoms with Gasteiger partial charge in [0.2, 0.25) is 5.91 Å². The van der Waals surface area contributed by atoms with E-state index < -0.39 is 0 Å². The van der Waals surface area contributed by atoms with E-state index in [2.05, 4.69) is 25.6 Å². The van der Waals surface area contributed by atoms with Crippen molar-refractivity contribution >= 4 is 5.91 Å². The minimum Gasteiger partial charge on any atom is -0.342 e. The normalized spacial score (nSPS) is 26.7. The van der Waals surface area contributed by atoms with Crippen molar-refractivity contribution in [1.29, 1.82) is 0 Å². The van der Waals surface area contributed by atoms with E-state index in [1.807, 2.05) is 18.3 Å². The Labute approximate surface area is 141 Å². The van der Waals surface area contributed by atoms with E-state index in [9.17, 15) is 4.79 Å². The van der Waals surface area contributed by atoms with E-state index in [1.165, 1.54) is 12.8 Å². The number of nitrogens with zero attached hydrogens (tertiary/aromatic N) is 2. The number of imidazole rings is 1. The van der Waals surface area contributed by atoms with Crippen LogP contribution in [0.15, 0.2) is 30.7 Å². The van der Waals surface area contributed by atoms with Crippen LogP contribution in [0.5, 0.6) is 0 Å². The maximum atomic E-state index is 12.3. The summed E-state index contributed by atoms with van der Waals surface area (Å²) in [5, 5.41) is 6.74. The van der Waals surface area contributed by atoms with Crippen molar-refractivity contribution in [3.05, 3.63) is 36.5 Å². The summed E-state index contributed by atoms with van der Waals surface area (Å²) in [6, 6.07) is 4.27. The average Bonchev–Trinajstić information content (AvgIpc) is 3.10. The summed E-state index contributed by atoms with van der Waals surface area (Å²) in [5.41, 5.74) is 2.08. The van der Waals surface area contributed by atoms with Crippen molar-refractivity contribution in [2.75, 3.05) is 0 Å². The minimum absolute atomic E-state index is 0.0475. The van der Waals surface area contributed by atoms with E-state index >= 15 is 0 Å². The van der Waals surface area contributed by atoms with Crippen molar-refractivity contribution in [2.24, 2.45) is 5.92 Å². The van der Waals surface area contributed by atoms with Crippen LogP contribution in [0.2, 0.25) is 0 Å². The molecule has 126 valence electrons. The smallest absolute Gasteiger partial charge is 0.225 e. The Morgan fingerprint density at radius 1 is 1.17 bits per heavy atom. The molecule has 2 aromatic heterocycles. The molecule has 3 atom stereocenters. The standard InChI is InChI=1S/C18H23N5O/c24-18-13-3-1-2-4-14(13)21-17(23-18)6-5-16-20-11-15(22-16)12-7-9-19-10-8-12/h7-11,13-14,17,21H,1-6H2,(H,20,22)(H,23,24). The maximum absolute atomic E-state index is 12.3. The zero-order valence-corrected chi connectivity index (χ0v) is 13.7. The Balaban J connectivity index is 1.35. The Bertz CT molecular complexity index is 698. The van der Waals surface area contributed by atoms with E-state index in [1.54, 1.807) is 12.4 Å². The number of aryl methyl sites for hydroxylation is 1. The SMILES string of the molecule is O=C1NC(CCc2ncc(-c3ccncc3)[nH]2)NC2CCCCC12. The van der Waals surface area contributed by atoms with Gasteiger partial charge >= 0.3 is 0 Å². The summed E-state index contributed by atoms with van der Waals surface area (Å²) in [6.07, 6.45) is 11.6. The fraction of sp³-hybridized carbons (Fsp3) is 0.500. The number of amides is 1. The number of carbonyl (C=O) groups is 1. The first-order valence-electron chi connectivity index (χ1n) is 8.80. The van der Waals surface area contributed by atoms with Gasteiger partial charge in [-0.15, -0.1) is 0 Å². The minimum atomic E-state index is 0.0475. The summed E-state index contributed by atoms with van der Waals surface area (Å²) >= 11 is 0. The fourth-order valence-corrected chi connectivity index (χ4v) is 3.83. The molecule has 24 heavy (non-hydrogen) atoms. The second kappa shape index (κ2) is 6.73. The van der Waals surface area contributed by atoms with E-state index in [4.69, 9.17) is 0 Å². The molecule has 1 saturated heterocycles. The third-order valence-corrected chi connectivity index (χ3v) is 5.12. The quantitative estimate of drug-likeness (QED) is 0.803. The van der Waals surface area contributed by atoms with Crippen LogP contribution in [0, 0.1) is 5.92 Å². The lowest BCUT2D eigenvalue weighted by atomic mass is 9.82. The number of pyridine rings is 1. The molecule has 0 bridgehead atoms. The van der Waals surface area contributed by atoms with Gasteiger partial charge in [-0.25, -0.2) is 4.98 Å². The van der Waals surface area contributed by atoms with Crippen LogP contribution >= 0.6 is 0 Å². The molecule has 6 heteroatoms. The number of hydrogen-bond acceptors (Lipinski definition) is 4. The highest BCUT2D eigenvalue weighted by molar-refractivity contribution is 5.80. The number of aromatic amines is 1. The van der Waals surface area contributed by atoms with Gasteiger partial charge in [0.05, 0.1) is 24.0 Å². The monoisotopic (exact) mass is 325 g/mol. The first kappa shape index (κ1) is 15.3. The molecule has 2 fully saturated rings. The van der Waals surface area contributed by atoms with E-state index in [0.717, 1.165) is 42.8 Å². The average molecular weight is 325 g/mol. The number of nitrogens with one attached hydrogen (secondary N) is 3. The second-order valence-corrected chi connectivity index (χ2v) is 6.74. The fourth-order valence-electron chi connectivity index (χ4n) is 3.83. The molecule has 3 heterocycles. The molecule has 0 spiro atoms. The lowest BCUT2D eigenvalue weighted by Gasteiger charge is -2.40. The first-order chi connectivity index (χ1) is 11.8. The number of H-pyrrole nitrogens is 1. The lowest BCUT2D eigenvalue weighted by Crippen LogP contribution is -2.62. The number of rotatable bonds is 4. The van der Waals surface area contributed by atoms with Gasteiger partial charge in [-0.05, 0) is 31.4 Å². The number of aromatic nitrogens is 3. The van der Waals surface area contributed by atoms with Crippen LogP contribution in [0.3, 0.4) is 0 Å². The predicted molar refractivity (Wildman–Crippen MR) is 91.0 cm³/mol. The third-order valence-electron chi connectivity index (χ3n) is 5.12. The van der Waals surface area contributed by atoms with E-state index in [0.29, 0.717) is 6.04 Å². The number of hydrogen-bond donors (Lipinski definition) is 3. The Hall–Kier alpha value is -2.21. The Morgan fingerprint density at radius 2 is 2.00 bits per heavy atom. The van der Waals surface area contributed by atoms with Gasteiger partial charge in [-0.2, -0.15) is 0 Å². The molecule has 1 aliphatic heterocycles. The molecule has 6 nitrogen and oxygen atoms in total. The molecule has 3 unspecified atom stereocenters. The summed E-state index contributed by atoms with van der Waals surface area (Å²) < 4.78 is 0. The van der Waals surface area contributed by atoms with Gasteiger partial charge < -0.3 is 10.3 Å². The summed E-state index contributed by atoms with van der Waals surface area (Å²) in [6.45, 7) is 0. The van der Waals surface area contributed by atoms with Crippen molar-refractivity contribution in [3.63, 3.8) is 0 Å². The van der Waals surface area contributed by atoms with Crippen LogP contribution < -0.4 is 10.6 Å². The summed E-state index contributed by atoms with van der Waals surface area (Å²) in [7, 11) is 0. The summed E-state index contributed by atoms with van der Waals surface area (Å²) in [4.78, 5) is 24.1. The van der Waals surface area contributed by atoms with Crippen LogP contribution in [0.4, 0.5) is 0 Å². The molecular formula is C18H23N5O. The molecule has 1 amide bonds. The highest BCUT2D eigenvalue weighted by Crippen LogP contribution is 2.27. The maximum Gasteiger partial charge on any atom is 0.225 e. The zero-order chi connectivity index (χ0) is 16.4. The predicted octanol–water partition coefficient (Wildman–Crippen LogP) is 2.01. The van der Waals surface area contributed by atoms with Crippen LogP contribution in [-0.2, 0) is 11.2 Å². The molecule has 3 N–H and O–H groups in total. The summed E-state index contributed by atoms with van der Waals surface area (Å²) in [5.74, 6) is 1.33. The molecule has 1 saturated carbocycles. The van der Waals surface area contributed by atoms with E-state index in [-0.39, 0.29) is 18.0 Å². The lowest BCUT2D eigenvalue weighted by molar-refractivity contribution is -0.130. The second-order valence-electron chi connectivity index (χ2n) is 6.74. The molecular weight excluding hydrogens is 302 g/mol. The largest absolute Gasteiger partial charge is 0.342 e. The van der Waals surface area contributed by atoms with Crippen molar-refractivity contribution in [3.8, 4) is 11.3 Å². The van der Waals surface area contributed by atoms with Gasteiger partial charge in [0.15, 0.2) is 0 Å². The van der Waals surface area contributed by atoms with Crippen LogP contribution in [0.25, 0.3) is 11.3 Å². The molecule has 0 aromatic carbocycles. The van der Waals surface area contributed by atoms with Crippen LogP contribution in [-0.4, -0.2) is 33.1 Å². The van der Waals surface area contributed by atoms with Gasteiger partial charge in [0, 0.05) is 30.4 Å². The third kappa shape index (κ3) is 3.19. The van der Waals surface area contributed by atoms with Crippen molar-refractivity contribution in [1.82, 2.24) is 25.6 Å². The van der Waals surface area contributed by atoms with Crippen LogP contribution in [0.1, 0.15) is 37.9 Å². The van der Waals surface area contributed by atoms with Gasteiger partial charge in [-0.1, -0.05) is 12.8 Å². The highest BCUT2D eigenvalue weighted by Gasteiger charge is 2.36. The Kier molecular flexibility index (Phi) is 4.30. The van der Waals surface area contributed by atoms with Gasteiger partial charge in [0.25, 0.3) is 0 Å². The highest BCUT2D eigenvalue weighted by atomic mass is 16.2. The van der Waals surface area contributed by atoms with Gasteiger partial charge in [0.1, 0.15) is 5.82 Å². The van der Waals surface area contributed by atoms with Crippen molar-refractivity contribution < 1.29 is 4.79 Å². The van der Waals surface area contributed by atoms with Gasteiger partial charge in [-0.3, -0.25) is 15.1 Å². The topological polar surface area (TPSA) is 82.7 Å². The number of carbonyl (C=O) groups excluding carboxylic acids is 1. The van der Waals surface area contributed by atoms with Crippen molar-refractivity contribution in [2.45, 2.75) is 50.7 Å². The molecule has 2 aliphatic rings. The molecule has 2 aromatic rings. The molecule has 4 rings (SSSR count).